The third-order valence-corrected chi connectivity index (χ3v) is 4.31. The number of para-hydroxylation sites is 1. The second-order valence-electron chi connectivity index (χ2n) is 6.01. The molecule has 112 valence electrons. The molecule has 0 spiro atoms. The highest BCUT2D eigenvalue weighted by Gasteiger charge is 2.39. The van der Waals surface area contributed by atoms with E-state index in [1.807, 2.05) is 25.1 Å². The van der Waals surface area contributed by atoms with Gasteiger partial charge in [-0.2, -0.15) is 0 Å². The van der Waals surface area contributed by atoms with E-state index in [9.17, 15) is 9.59 Å². The van der Waals surface area contributed by atoms with E-state index >= 15 is 0 Å². The normalized spacial score (nSPS) is 23.2. The van der Waals surface area contributed by atoms with Gasteiger partial charge in [0.1, 0.15) is 0 Å². The van der Waals surface area contributed by atoms with Crippen LogP contribution in [0.2, 0.25) is 0 Å². The number of hydrogen-bond donors (Lipinski definition) is 2. The van der Waals surface area contributed by atoms with Gasteiger partial charge < -0.3 is 4.90 Å². The number of rotatable bonds is 3. The molecule has 21 heavy (non-hydrogen) atoms. The van der Waals surface area contributed by atoms with Crippen LogP contribution in [0.4, 0.5) is 5.69 Å². The lowest BCUT2D eigenvalue weighted by molar-refractivity contribution is -0.129. The molecule has 1 aromatic carbocycles. The monoisotopic (exact) mass is 287 g/mol. The summed E-state index contributed by atoms with van der Waals surface area (Å²) in [6, 6.07) is 8.17. The Balaban J connectivity index is 1.52. The molecule has 1 aliphatic carbocycles. The maximum absolute atomic E-state index is 12.0. The number of hydrazine groups is 1. The van der Waals surface area contributed by atoms with Crippen molar-refractivity contribution in [3.63, 3.8) is 0 Å². The summed E-state index contributed by atoms with van der Waals surface area (Å²) in [7, 11) is 0. The van der Waals surface area contributed by atoms with Gasteiger partial charge in [0.15, 0.2) is 0 Å². The molecule has 1 aromatic rings. The fourth-order valence-corrected chi connectivity index (χ4v) is 2.90. The molecule has 0 radical (unpaired) electrons. The summed E-state index contributed by atoms with van der Waals surface area (Å²) in [4.78, 5) is 25.7. The van der Waals surface area contributed by atoms with Crippen LogP contribution < -0.4 is 15.8 Å². The Labute approximate surface area is 124 Å². The molecule has 0 aromatic heterocycles. The smallest absolute Gasteiger partial charge is 0.257 e. The van der Waals surface area contributed by atoms with Crippen molar-refractivity contribution in [2.24, 2.45) is 11.8 Å². The molecule has 0 saturated heterocycles. The molecule has 1 heterocycles. The van der Waals surface area contributed by atoms with Gasteiger partial charge in [-0.05, 0) is 36.8 Å². The molecule has 2 aliphatic rings. The second-order valence-corrected chi connectivity index (χ2v) is 6.01. The maximum atomic E-state index is 12.0. The number of fused-ring (bicyclic) bond motifs is 1. The summed E-state index contributed by atoms with van der Waals surface area (Å²) in [5.41, 5.74) is 7.46. The van der Waals surface area contributed by atoms with Gasteiger partial charge in [0, 0.05) is 18.2 Å². The summed E-state index contributed by atoms with van der Waals surface area (Å²) in [5.74, 6) is 0.264. The Morgan fingerprint density at radius 1 is 1.29 bits per heavy atom. The van der Waals surface area contributed by atoms with Crippen molar-refractivity contribution in [1.29, 1.82) is 0 Å². The molecule has 2 atom stereocenters. The summed E-state index contributed by atoms with van der Waals surface area (Å²) >= 11 is 0. The van der Waals surface area contributed by atoms with E-state index in [4.69, 9.17) is 0 Å². The molecular weight excluding hydrogens is 266 g/mol. The first-order chi connectivity index (χ1) is 10.1. The minimum Gasteiger partial charge on any atom is -0.362 e. The van der Waals surface area contributed by atoms with Crippen LogP contribution >= 0.6 is 0 Å². The zero-order valence-corrected chi connectivity index (χ0v) is 12.3. The quantitative estimate of drug-likeness (QED) is 0.822. The van der Waals surface area contributed by atoms with Crippen molar-refractivity contribution < 1.29 is 9.59 Å². The predicted molar refractivity (Wildman–Crippen MR) is 80.5 cm³/mol. The molecular formula is C16H21N3O2. The number of hydrogen-bond acceptors (Lipinski definition) is 3. The zero-order valence-electron chi connectivity index (χ0n) is 12.3. The lowest BCUT2D eigenvalue weighted by Crippen LogP contribution is -2.48. The van der Waals surface area contributed by atoms with Crippen molar-refractivity contribution in [1.82, 2.24) is 10.9 Å². The first-order valence-electron chi connectivity index (χ1n) is 7.56. The van der Waals surface area contributed by atoms with E-state index in [1.54, 1.807) is 0 Å². The van der Waals surface area contributed by atoms with E-state index in [0.717, 1.165) is 31.5 Å². The fraction of sp³-hybridized carbons (Fsp3) is 0.500. The molecule has 5 nitrogen and oxygen atoms in total. The van der Waals surface area contributed by atoms with Gasteiger partial charge in [0.2, 0.25) is 5.91 Å². The van der Waals surface area contributed by atoms with Crippen LogP contribution in [0, 0.1) is 11.8 Å². The van der Waals surface area contributed by atoms with Crippen molar-refractivity contribution in [3.8, 4) is 0 Å². The molecule has 1 saturated carbocycles. The van der Waals surface area contributed by atoms with Crippen LogP contribution in [0.5, 0.6) is 0 Å². The summed E-state index contributed by atoms with van der Waals surface area (Å²) < 4.78 is 0. The Bertz CT molecular complexity index is 558. The third-order valence-electron chi connectivity index (χ3n) is 4.31. The number of aryl methyl sites for hydroxylation is 1. The van der Waals surface area contributed by atoms with Crippen molar-refractivity contribution in [2.75, 3.05) is 18.0 Å². The summed E-state index contributed by atoms with van der Waals surface area (Å²) in [6.45, 7) is 3.19. The van der Waals surface area contributed by atoms with Gasteiger partial charge in [-0.1, -0.05) is 25.1 Å². The molecule has 1 aliphatic heterocycles. The van der Waals surface area contributed by atoms with E-state index in [-0.39, 0.29) is 24.3 Å². The fourth-order valence-electron chi connectivity index (χ4n) is 2.90. The average Bonchev–Trinajstić information content (AvgIpc) is 3.22. The van der Waals surface area contributed by atoms with E-state index in [0.29, 0.717) is 5.92 Å². The molecule has 1 fully saturated rings. The van der Waals surface area contributed by atoms with Gasteiger partial charge in [-0.15, -0.1) is 0 Å². The largest absolute Gasteiger partial charge is 0.362 e. The van der Waals surface area contributed by atoms with E-state index in [1.165, 1.54) is 5.56 Å². The number of nitrogens with one attached hydrogen (secondary N) is 2. The van der Waals surface area contributed by atoms with Gasteiger partial charge in [0.25, 0.3) is 5.91 Å². The SMILES string of the molecule is C[C@H]1C[C@H]1C(=O)NNC(=O)CN1CCCc2ccccc21. The number of carbonyl (C=O) groups is 2. The summed E-state index contributed by atoms with van der Waals surface area (Å²) in [5, 5.41) is 0. The Kier molecular flexibility index (Phi) is 3.82. The van der Waals surface area contributed by atoms with Crippen LogP contribution in [-0.4, -0.2) is 24.9 Å². The van der Waals surface area contributed by atoms with Gasteiger partial charge >= 0.3 is 0 Å². The highest BCUT2D eigenvalue weighted by atomic mass is 16.2. The van der Waals surface area contributed by atoms with Crippen LogP contribution in [0.3, 0.4) is 0 Å². The molecule has 3 rings (SSSR count). The summed E-state index contributed by atoms with van der Waals surface area (Å²) in [6.07, 6.45) is 3.03. The average molecular weight is 287 g/mol. The van der Waals surface area contributed by atoms with E-state index < -0.39 is 0 Å². The van der Waals surface area contributed by atoms with Gasteiger partial charge in [-0.25, -0.2) is 0 Å². The highest BCUT2D eigenvalue weighted by molar-refractivity contribution is 5.87. The number of nitrogens with zero attached hydrogens (tertiary/aromatic N) is 1. The zero-order chi connectivity index (χ0) is 14.8. The van der Waals surface area contributed by atoms with Crippen molar-refractivity contribution >= 4 is 17.5 Å². The minimum atomic E-state index is -0.173. The van der Waals surface area contributed by atoms with Crippen molar-refractivity contribution in [2.45, 2.75) is 26.2 Å². The lowest BCUT2D eigenvalue weighted by atomic mass is 10.0. The Morgan fingerprint density at radius 2 is 2.05 bits per heavy atom. The van der Waals surface area contributed by atoms with Crippen LogP contribution in [0.15, 0.2) is 24.3 Å². The van der Waals surface area contributed by atoms with Gasteiger partial charge in [-0.3, -0.25) is 20.4 Å². The molecule has 2 N–H and O–H groups in total. The minimum absolute atomic E-state index is 0.0704. The molecule has 0 unspecified atom stereocenters. The first-order valence-corrected chi connectivity index (χ1v) is 7.56. The standard InChI is InChI=1S/C16H21N3O2/c1-11-9-13(11)16(21)18-17-15(20)10-19-8-4-6-12-5-2-3-7-14(12)19/h2-3,5,7,11,13H,4,6,8-10H2,1H3,(H,17,20)(H,18,21)/t11-,13+/m0/s1. The van der Waals surface area contributed by atoms with Crippen LogP contribution in [-0.2, 0) is 16.0 Å². The molecule has 5 heteroatoms. The van der Waals surface area contributed by atoms with Gasteiger partial charge in [0.05, 0.1) is 6.54 Å². The second kappa shape index (κ2) is 5.76. The lowest BCUT2D eigenvalue weighted by Gasteiger charge is -2.30. The van der Waals surface area contributed by atoms with E-state index in [2.05, 4.69) is 21.8 Å². The Hall–Kier alpha value is -2.04. The first kappa shape index (κ1) is 13.9. The Morgan fingerprint density at radius 3 is 2.81 bits per heavy atom. The molecule has 0 bridgehead atoms. The molecule has 2 amide bonds. The number of amides is 2. The van der Waals surface area contributed by atoms with Crippen LogP contribution in [0.25, 0.3) is 0 Å². The van der Waals surface area contributed by atoms with Crippen LogP contribution in [0.1, 0.15) is 25.3 Å². The van der Waals surface area contributed by atoms with Crippen molar-refractivity contribution in [3.05, 3.63) is 29.8 Å². The number of benzene rings is 1. The highest BCUT2D eigenvalue weighted by Crippen LogP contribution is 2.37. The number of anilines is 1. The number of carbonyl (C=O) groups excluding carboxylic acids is 2. The maximum Gasteiger partial charge on any atom is 0.257 e. The third kappa shape index (κ3) is 3.17. The topological polar surface area (TPSA) is 61.4 Å². The predicted octanol–water partition coefficient (Wildman–Crippen LogP) is 1.24.